The van der Waals surface area contributed by atoms with E-state index in [0.29, 0.717) is 15.9 Å². The van der Waals surface area contributed by atoms with Crippen molar-refractivity contribution in [3.8, 4) is 0 Å². The molecule has 0 radical (unpaired) electrons. The summed E-state index contributed by atoms with van der Waals surface area (Å²) in [6.07, 6.45) is 0. The average Bonchev–Trinajstić information content (AvgIpc) is 2.80. The summed E-state index contributed by atoms with van der Waals surface area (Å²) < 4.78 is 13.6. The van der Waals surface area contributed by atoms with Crippen molar-refractivity contribution < 1.29 is 4.39 Å². The van der Waals surface area contributed by atoms with Gasteiger partial charge in [0.1, 0.15) is 5.82 Å². The summed E-state index contributed by atoms with van der Waals surface area (Å²) >= 11 is 8.21. The molecule has 100 valence electrons. The molecule has 2 N–H and O–H groups in total. The Morgan fingerprint density at radius 1 is 1.32 bits per heavy atom. The van der Waals surface area contributed by atoms with Crippen LogP contribution in [0.5, 0.6) is 0 Å². The maximum absolute atomic E-state index is 12.8. The lowest BCUT2D eigenvalue weighted by molar-refractivity contribution is 0.628. The van der Waals surface area contributed by atoms with E-state index in [0.717, 1.165) is 10.1 Å². The molecule has 2 aromatic rings. The van der Waals surface area contributed by atoms with Gasteiger partial charge in [0, 0.05) is 5.69 Å². The van der Waals surface area contributed by atoms with Crippen molar-refractivity contribution in [1.29, 1.82) is 0 Å². The SMILES string of the molecule is CCSc1nnc(NC(=S)Nc2ccc(F)cc2)s1. The van der Waals surface area contributed by atoms with Gasteiger partial charge in [0.15, 0.2) is 9.45 Å². The molecule has 8 heteroatoms. The van der Waals surface area contributed by atoms with Crippen molar-refractivity contribution in [3.63, 3.8) is 0 Å². The van der Waals surface area contributed by atoms with Gasteiger partial charge in [-0.2, -0.15) is 0 Å². The van der Waals surface area contributed by atoms with Crippen molar-refractivity contribution >= 4 is 51.2 Å². The first-order valence-electron chi connectivity index (χ1n) is 5.47. The second kappa shape index (κ2) is 6.78. The molecule has 4 nitrogen and oxygen atoms in total. The van der Waals surface area contributed by atoms with Crippen LogP contribution < -0.4 is 10.6 Å². The first-order chi connectivity index (χ1) is 9.17. The first-order valence-corrected chi connectivity index (χ1v) is 7.68. The molecule has 0 aliphatic carbocycles. The zero-order valence-corrected chi connectivity index (χ0v) is 12.5. The largest absolute Gasteiger partial charge is 0.332 e. The topological polar surface area (TPSA) is 49.8 Å². The van der Waals surface area contributed by atoms with Crippen LogP contribution in [0, 0.1) is 5.82 Å². The van der Waals surface area contributed by atoms with Crippen molar-refractivity contribution in [2.75, 3.05) is 16.4 Å². The van der Waals surface area contributed by atoms with Crippen LogP contribution in [0.2, 0.25) is 0 Å². The number of halogens is 1. The van der Waals surface area contributed by atoms with E-state index in [2.05, 4.69) is 27.8 Å². The number of nitrogens with zero attached hydrogens (tertiary/aromatic N) is 2. The summed E-state index contributed by atoms with van der Waals surface area (Å²) in [5, 5.41) is 14.9. The van der Waals surface area contributed by atoms with E-state index in [-0.39, 0.29) is 5.82 Å². The Morgan fingerprint density at radius 3 is 2.74 bits per heavy atom. The summed E-state index contributed by atoms with van der Waals surface area (Å²) in [7, 11) is 0. The molecule has 0 saturated heterocycles. The number of aromatic nitrogens is 2. The molecule has 1 aromatic heterocycles. The fourth-order valence-corrected chi connectivity index (χ4v) is 3.17. The second-order valence-corrected chi connectivity index (χ2v) is 6.29. The third kappa shape index (κ3) is 4.41. The number of rotatable bonds is 4. The van der Waals surface area contributed by atoms with Gasteiger partial charge in [-0.1, -0.05) is 30.0 Å². The predicted molar refractivity (Wildman–Crippen MR) is 82.6 cm³/mol. The fourth-order valence-electron chi connectivity index (χ4n) is 1.23. The highest BCUT2D eigenvalue weighted by atomic mass is 32.2. The number of hydrogen-bond donors (Lipinski definition) is 2. The highest BCUT2D eigenvalue weighted by Crippen LogP contribution is 2.25. The molecule has 0 aliphatic heterocycles. The third-order valence-electron chi connectivity index (χ3n) is 2.00. The van der Waals surface area contributed by atoms with Gasteiger partial charge in [-0.25, -0.2) is 4.39 Å². The highest BCUT2D eigenvalue weighted by molar-refractivity contribution is 8.01. The number of thioether (sulfide) groups is 1. The van der Waals surface area contributed by atoms with Crippen molar-refractivity contribution in [3.05, 3.63) is 30.1 Å². The minimum Gasteiger partial charge on any atom is -0.332 e. The van der Waals surface area contributed by atoms with Gasteiger partial charge in [0.25, 0.3) is 0 Å². The summed E-state index contributed by atoms with van der Waals surface area (Å²) in [4.78, 5) is 0. The van der Waals surface area contributed by atoms with E-state index in [1.54, 1.807) is 23.9 Å². The molecule has 1 heterocycles. The normalized spacial score (nSPS) is 10.2. The number of benzene rings is 1. The summed E-state index contributed by atoms with van der Waals surface area (Å²) in [6, 6.07) is 5.96. The molecule has 0 saturated carbocycles. The molecule has 0 atom stereocenters. The van der Waals surface area contributed by atoms with Crippen LogP contribution in [-0.4, -0.2) is 21.1 Å². The molecule has 0 fully saturated rings. The van der Waals surface area contributed by atoms with Gasteiger partial charge in [-0.05, 0) is 42.2 Å². The monoisotopic (exact) mass is 314 g/mol. The summed E-state index contributed by atoms with van der Waals surface area (Å²) in [5.74, 6) is 0.669. The zero-order chi connectivity index (χ0) is 13.7. The molecule has 0 spiro atoms. The van der Waals surface area contributed by atoms with Crippen LogP contribution in [0.1, 0.15) is 6.92 Å². The maximum atomic E-state index is 12.8. The van der Waals surface area contributed by atoms with Gasteiger partial charge in [0.05, 0.1) is 0 Å². The van der Waals surface area contributed by atoms with Crippen LogP contribution in [0.4, 0.5) is 15.2 Å². The summed E-state index contributed by atoms with van der Waals surface area (Å²) in [6.45, 7) is 2.06. The Balaban J connectivity index is 1.91. The van der Waals surface area contributed by atoms with Gasteiger partial charge < -0.3 is 10.6 Å². The molecule has 0 bridgehead atoms. The van der Waals surface area contributed by atoms with Crippen LogP contribution in [-0.2, 0) is 0 Å². The molecule has 19 heavy (non-hydrogen) atoms. The zero-order valence-electron chi connectivity index (χ0n) is 10.0. The minimum absolute atomic E-state index is 0.283. The Kier molecular flexibility index (Phi) is 5.06. The van der Waals surface area contributed by atoms with E-state index in [1.807, 2.05) is 0 Å². The fraction of sp³-hybridized carbons (Fsp3) is 0.182. The van der Waals surface area contributed by atoms with Crippen molar-refractivity contribution in [2.24, 2.45) is 0 Å². The van der Waals surface area contributed by atoms with Crippen LogP contribution >= 0.6 is 35.3 Å². The smallest absolute Gasteiger partial charge is 0.212 e. The first kappa shape index (κ1) is 14.2. The molecular formula is C11H11FN4S3. The highest BCUT2D eigenvalue weighted by Gasteiger charge is 2.05. The lowest BCUT2D eigenvalue weighted by Gasteiger charge is -2.07. The Morgan fingerprint density at radius 2 is 2.05 bits per heavy atom. The quantitative estimate of drug-likeness (QED) is 0.664. The van der Waals surface area contributed by atoms with E-state index < -0.39 is 0 Å². The standard InChI is InChI=1S/C11H11FN4S3/c1-2-18-11-16-15-10(19-11)14-9(17)13-8-5-3-7(12)4-6-8/h3-6H,2H2,1H3,(H2,13,14,15,17). The molecule has 0 aliphatic rings. The number of thiocarbonyl (C=S) groups is 1. The molecule has 1 aromatic carbocycles. The van der Waals surface area contributed by atoms with Crippen molar-refractivity contribution in [2.45, 2.75) is 11.3 Å². The molecule has 0 amide bonds. The minimum atomic E-state index is -0.283. The number of hydrogen-bond acceptors (Lipinski definition) is 5. The average molecular weight is 314 g/mol. The van der Waals surface area contributed by atoms with E-state index >= 15 is 0 Å². The number of anilines is 2. The molecular weight excluding hydrogens is 303 g/mol. The summed E-state index contributed by atoms with van der Waals surface area (Å²) in [5.41, 5.74) is 0.714. The van der Waals surface area contributed by atoms with Gasteiger partial charge >= 0.3 is 0 Å². The van der Waals surface area contributed by atoms with E-state index in [9.17, 15) is 4.39 Å². The predicted octanol–water partition coefficient (Wildman–Crippen LogP) is 3.60. The number of nitrogens with one attached hydrogen (secondary N) is 2. The van der Waals surface area contributed by atoms with Crippen LogP contribution in [0.25, 0.3) is 0 Å². The lowest BCUT2D eigenvalue weighted by Crippen LogP contribution is -2.18. The van der Waals surface area contributed by atoms with Crippen molar-refractivity contribution in [1.82, 2.24) is 10.2 Å². The Hall–Kier alpha value is -1.25. The van der Waals surface area contributed by atoms with Crippen LogP contribution in [0.3, 0.4) is 0 Å². The lowest BCUT2D eigenvalue weighted by atomic mass is 10.3. The van der Waals surface area contributed by atoms with E-state index in [4.69, 9.17) is 12.2 Å². The molecule has 0 unspecified atom stereocenters. The Labute approximate surface area is 123 Å². The second-order valence-electron chi connectivity index (χ2n) is 3.39. The van der Waals surface area contributed by atoms with Gasteiger partial charge in [-0.15, -0.1) is 10.2 Å². The third-order valence-corrected chi connectivity index (χ3v) is 4.06. The molecule has 2 rings (SSSR count). The van der Waals surface area contributed by atoms with Gasteiger partial charge in [-0.3, -0.25) is 0 Å². The van der Waals surface area contributed by atoms with Gasteiger partial charge in [0.2, 0.25) is 5.13 Å². The Bertz CT molecular complexity index is 555. The maximum Gasteiger partial charge on any atom is 0.212 e. The van der Waals surface area contributed by atoms with Crippen LogP contribution in [0.15, 0.2) is 28.6 Å². The van der Waals surface area contributed by atoms with E-state index in [1.165, 1.54) is 23.5 Å².